The highest BCUT2D eigenvalue weighted by Gasteiger charge is 2.06. The molecule has 0 fully saturated rings. The van der Waals surface area contributed by atoms with Crippen molar-refractivity contribution in [2.45, 2.75) is 32.7 Å². The Morgan fingerprint density at radius 2 is 1.94 bits per heavy atom. The number of rotatable bonds is 6. The normalized spacial score (nSPS) is 11.9. The zero-order valence-electron chi connectivity index (χ0n) is 10.8. The van der Waals surface area contributed by atoms with E-state index in [0.29, 0.717) is 6.54 Å². The molecule has 2 heteroatoms. The summed E-state index contributed by atoms with van der Waals surface area (Å²) in [7, 11) is 0. The Morgan fingerprint density at radius 1 is 1.29 bits per heavy atom. The molecule has 1 aromatic rings. The minimum absolute atomic E-state index is 0.135. The maximum Gasteiger partial charge on any atom is 0.0791 e. The van der Waals surface area contributed by atoms with Crippen LogP contribution in [0.3, 0.4) is 0 Å². The van der Waals surface area contributed by atoms with Gasteiger partial charge in [-0.1, -0.05) is 31.9 Å². The molecule has 0 saturated carbocycles. The van der Waals surface area contributed by atoms with Crippen LogP contribution in [-0.4, -0.2) is 13.1 Å². The highest BCUT2D eigenvalue weighted by atomic mass is 15.1. The molecule has 0 aliphatic rings. The van der Waals surface area contributed by atoms with E-state index in [9.17, 15) is 0 Å². The highest BCUT2D eigenvalue weighted by Crippen LogP contribution is 2.19. The van der Waals surface area contributed by atoms with Crippen molar-refractivity contribution in [2.24, 2.45) is 5.73 Å². The van der Waals surface area contributed by atoms with E-state index >= 15 is 0 Å². The van der Waals surface area contributed by atoms with E-state index in [4.69, 9.17) is 12.2 Å². The highest BCUT2D eigenvalue weighted by molar-refractivity contribution is 5.49. The van der Waals surface area contributed by atoms with Crippen molar-refractivity contribution in [1.82, 2.24) is 0 Å². The van der Waals surface area contributed by atoms with Gasteiger partial charge in [0.15, 0.2) is 0 Å². The molecule has 1 aromatic carbocycles. The van der Waals surface area contributed by atoms with Crippen LogP contribution in [0.15, 0.2) is 24.3 Å². The molecule has 1 rings (SSSR count). The zero-order chi connectivity index (χ0) is 12.7. The molecule has 0 saturated heterocycles. The molecule has 0 aliphatic carbocycles. The summed E-state index contributed by atoms with van der Waals surface area (Å²) in [4.78, 5) is 2.21. The van der Waals surface area contributed by atoms with Gasteiger partial charge in [0, 0.05) is 18.3 Å². The lowest BCUT2D eigenvalue weighted by Gasteiger charge is -2.22. The molecule has 0 aliphatic heterocycles. The number of benzene rings is 1. The molecule has 1 atom stereocenters. The van der Waals surface area contributed by atoms with Gasteiger partial charge in [0.25, 0.3) is 0 Å². The molecule has 0 unspecified atom stereocenters. The molecule has 0 heterocycles. The maximum absolute atomic E-state index is 5.99. The number of hydrogen-bond donors (Lipinski definition) is 1. The van der Waals surface area contributed by atoms with E-state index < -0.39 is 0 Å². The second-order valence-electron chi connectivity index (χ2n) is 4.23. The Balaban J connectivity index is 2.80. The lowest BCUT2D eigenvalue weighted by molar-refractivity contribution is 0.698. The maximum atomic E-state index is 5.99. The van der Waals surface area contributed by atoms with Crippen molar-refractivity contribution in [1.29, 1.82) is 0 Å². The fourth-order valence-electron chi connectivity index (χ4n) is 1.85. The fourth-order valence-corrected chi connectivity index (χ4v) is 1.85. The smallest absolute Gasteiger partial charge is 0.0791 e. The molecule has 92 valence electrons. The second kappa shape index (κ2) is 6.98. The van der Waals surface area contributed by atoms with Crippen molar-refractivity contribution in [3.05, 3.63) is 29.8 Å². The third kappa shape index (κ3) is 3.80. The molecule has 0 aromatic heterocycles. The minimum atomic E-state index is 0.135. The Kier molecular flexibility index (Phi) is 5.59. The van der Waals surface area contributed by atoms with Crippen LogP contribution in [0, 0.1) is 12.3 Å². The Hall–Kier alpha value is -1.46. The largest absolute Gasteiger partial charge is 0.360 e. The lowest BCUT2D eigenvalue weighted by Crippen LogP contribution is -2.24. The summed E-state index contributed by atoms with van der Waals surface area (Å²) < 4.78 is 0. The number of nitrogens with zero attached hydrogens (tertiary/aromatic N) is 1. The van der Waals surface area contributed by atoms with Crippen molar-refractivity contribution < 1.29 is 0 Å². The molecule has 0 amide bonds. The number of hydrogen-bond acceptors (Lipinski definition) is 2. The Bertz CT molecular complexity index is 362. The van der Waals surface area contributed by atoms with Crippen LogP contribution in [-0.2, 0) is 0 Å². The van der Waals surface area contributed by atoms with Gasteiger partial charge in [0.2, 0.25) is 0 Å². The zero-order valence-corrected chi connectivity index (χ0v) is 10.8. The van der Waals surface area contributed by atoms with Crippen LogP contribution < -0.4 is 10.6 Å². The van der Waals surface area contributed by atoms with Crippen molar-refractivity contribution in [3.63, 3.8) is 0 Å². The monoisotopic (exact) mass is 230 g/mol. The van der Waals surface area contributed by atoms with E-state index in [0.717, 1.165) is 19.4 Å². The van der Waals surface area contributed by atoms with E-state index in [1.54, 1.807) is 0 Å². The predicted molar refractivity (Wildman–Crippen MR) is 75.0 cm³/mol. The van der Waals surface area contributed by atoms with E-state index in [1.165, 1.54) is 11.3 Å². The summed E-state index contributed by atoms with van der Waals surface area (Å²) in [6, 6.07) is 8.55. The lowest BCUT2D eigenvalue weighted by atomic mass is 10.1. The van der Waals surface area contributed by atoms with E-state index in [-0.39, 0.29) is 6.04 Å². The van der Waals surface area contributed by atoms with Crippen molar-refractivity contribution in [3.8, 4) is 12.3 Å². The van der Waals surface area contributed by atoms with Crippen molar-refractivity contribution >= 4 is 5.69 Å². The van der Waals surface area contributed by atoms with Gasteiger partial charge in [-0.05, 0) is 30.5 Å². The van der Waals surface area contributed by atoms with Gasteiger partial charge in [-0.15, -0.1) is 6.42 Å². The summed E-state index contributed by atoms with van der Waals surface area (Å²) in [5, 5.41) is 0. The van der Waals surface area contributed by atoms with Crippen LogP contribution in [0.1, 0.15) is 38.3 Å². The second-order valence-corrected chi connectivity index (χ2v) is 4.23. The van der Waals surface area contributed by atoms with Gasteiger partial charge in [-0.3, -0.25) is 0 Å². The van der Waals surface area contributed by atoms with Gasteiger partial charge in [0.1, 0.15) is 0 Å². The first-order valence-corrected chi connectivity index (χ1v) is 6.26. The molecular formula is C15H22N2. The fraction of sp³-hybridized carbons (Fsp3) is 0.467. The summed E-state index contributed by atoms with van der Waals surface area (Å²) in [5.74, 6) is 2.70. The quantitative estimate of drug-likeness (QED) is 0.761. The van der Waals surface area contributed by atoms with Crippen LogP contribution in [0.25, 0.3) is 0 Å². The molecular weight excluding hydrogens is 208 g/mol. The molecule has 2 N–H and O–H groups in total. The van der Waals surface area contributed by atoms with Gasteiger partial charge in [-0.25, -0.2) is 0 Å². The van der Waals surface area contributed by atoms with E-state index in [2.05, 4.69) is 48.9 Å². The van der Waals surface area contributed by atoms with Gasteiger partial charge in [-0.2, -0.15) is 0 Å². The average molecular weight is 230 g/mol. The predicted octanol–water partition coefficient (Wildman–Crippen LogP) is 2.95. The van der Waals surface area contributed by atoms with E-state index in [1.807, 2.05) is 0 Å². The van der Waals surface area contributed by atoms with Crippen LogP contribution in [0.5, 0.6) is 0 Å². The average Bonchev–Trinajstić information content (AvgIpc) is 2.38. The summed E-state index contributed by atoms with van der Waals surface area (Å²) in [6.07, 6.45) is 7.44. The topological polar surface area (TPSA) is 29.3 Å². The number of terminal acetylenes is 1. The summed E-state index contributed by atoms with van der Waals surface area (Å²) in [5.41, 5.74) is 8.36. The standard InChI is InChI=1S/C15H22N2/c1-4-11-17(12-5-2)14-9-7-13(8-10-14)15(16)6-3/h1,7-10,15H,5-6,11-12,16H2,2-3H3/t15-/m0/s1. The third-order valence-electron chi connectivity index (χ3n) is 2.90. The number of nitrogens with two attached hydrogens (primary N) is 1. The van der Waals surface area contributed by atoms with Crippen molar-refractivity contribution in [2.75, 3.05) is 18.0 Å². The Morgan fingerprint density at radius 3 is 2.41 bits per heavy atom. The summed E-state index contributed by atoms with van der Waals surface area (Å²) in [6.45, 7) is 5.90. The first-order valence-electron chi connectivity index (χ1n) is 6.26. The molecule has 2 nitrogen and oxygen atoms in total. The Labute approximate surface area is 105 Å². The first-order chi connectivity index (χ1) is 8.22. The molecule has 0 radical (unpaired) electrons. The van der Waals surface area contributed by atoms with Gasteiger partial charge in [0.05, 0.1) is 6.54 Å². The third-order valence-corrected chi connectivity index (χ3v) is 2.90. The number of anilines is 1. The van der Waals surface area contributed by atoms with Crippen LogP contribution in [0.2, 0.25) is 0 Å². The van der Waals surface area contributed by atoms with Gasteiger partial charge >= 0.3 is 0 Å². The van der Waals surface area contributed by atoms with Gasteiger partial charge < -0.3 is 10.6 Å². The summed E-state index contributed by atoms with van der Waals surface area (Å²) >= 11 is 0. The molecule has 0 spiro atoms. The van der Waals surface area contributed by atoms with Crippen LogP contribution >= 0.6 is 0 Å². The molecule has 0 bridgehead atoms. The SMILES string of the molecule is C#CCN(CCC)c1ccc([C@@H](N)CC)cc1. The molecule has 17 heavy (non-hydrogen) atoms. The minimum Gasteiger partial charge on any atom is -0.360 e. The van der Waals surface area contributed by atoms with Crippen LogP contribution in [0.4, 0.5) is 5.69 Å². The first kappa shape index (κ1) is 13.6.